The average molecular weight is 1520 g/mol. The second kappa shape index (κ2) is 40.2. The summed E-state index contributed by atoms with van der Waals surface area (Å²) in [6.45, 7) is 28.5. The van der Waals surface area contributed by atoms with Gasteiger partial charge in [0.25, 0.3) is 0 Å². The molecule has 18 rings (SSSR count). The summed E-state index contributed by atoms with van der Waals surface area (Å²) >= 11 is 0. The highest BCUT2D eigenvalue weighted by Crippen LogP contribution is 2.60. The van der Waals surface area contributed by atoms with E-state index < -0.39 is 0 Å². The fraction of sp³-hybridized carbons (Fsp3) is 1.00. The summed E-state index contributed by atoms with van der Waals surface area (Å²) in [5.41, 5.74) is 1.34. The lowest BCUT2D eigenvalue weighted by atomic mass is 9.50. The topological polar surface area (TPSA) is 196 Å². The molecule has 0 bridgehead atoms. The number of hydrogen-bond donors (Lipinski definition) is 0. The SMILES string of the molecule is C1CC(OCC2CO2)CCC1CC1CCC(OCC2CO2)CC1.C1CC(OCC2CO2)CCC1OCC1CO1.CC(C)(C1CCC(OCC2CO2)CC1)C1CCC(C(C)(C2CCC(OCC3CO3)CC2)C2CCC(OCC3CO3)CC2)CC1.CC(C)(C1CCC(OCC2CO2)CC1)C1CCC(OCC2CO2)CC1. The van der Waals surface area contributed by atoms with E-state index in [0.29, 0.717) is 126 Å². The first-order valence-corrected chi connectivity index (χ1v) is 45.8. The maximum absolute atomic E-state index is 6.30. The zero-order chi connectivity index (χ0) is 73.7. The van der Waals surface area contributed by atoms with Crippen molar-refractivity contribution in [1.82, 2.24) is 0 Å². The van der Waals surface area contributed by atoms with Gasteiger partial charge in [-0.3, -0.25) is 0 Å². The van der Waals surface area contributed by atoms with Crippen LogP contribution in [0.1, 0.15) is 272 Å². The lowest BCUT2D eigenvalue weighted by Crippen LogP contribution is -2.48. The summed E-state index contributed by atoms with van der Waals surface area (Å²) in [6, 6.07) is 0. The van der Waals surface area contributed by atoms with Gasteiger partial charge < -0.3 is 85.3 Å². The molecule has 0 spiro atoms. The van der Waals surface area contributed by atoms with Crippen LogP contribution >= 0.6 is 0 Å². The molecule has 18 aliphatic rings. The lowest BCUT2D eigenvalue weighted by molar-refractivity contribution is -0.0862. The molecule has 0 radical (unpaired) electrons. The zero-order valence-corrected chi connectivity index (χ0v) is 68.3. The van der Waals surface area contributed by atoms with Crippen LogP contribution in [0.25, 0.3) is 0 Å². The smallest absolute Gasteiger partial charge is 0.104 e. The van der Waals surface area contributed by atoms with Gasteiger partial charge in [-0.2, -0.15) is 0 Å². The molecule has 9 saturated carbocycles. The molecular weight excluding hydrogens is 1370 g/mol. The van der Waals surface area contributed by atoms with Crippen molar-refractivity contribution in [2.75, 3.05) is 119 Å². The Balaban J connectivity index is 0.000000124. The minimum Gasteiger partial charge on any atom is -0.375 e. The van der Waals surface area contributed by atoms with Crippen LogP contribution in [0.5, 0.6) is 0 Å². The molecule has 18 heteroatoms. The lowest BCUT2D eigenvalue weighted by Gasteiger charge is -2.55. The third-order valence-electron chi connectivity index (χ3n) is 31.1. The van der Waals surface area contributed by atoms with E-state index in [-0.39, 0.29) is 0 Å². The van der Waals surface area contributed by atoms with E-state index in [4.69, 9.17) is 85.3 Å². The molecule has 0 amide bonds. The summed E-state index contributed by atoms with van der Waals surface area (Å²) in [7, 11) is 0. The van der Waals surface area contributed by atoms with Gasteiger partial charge in [0.2, 0.25) is 0 Å². The first kappa shape index (κ1) is 82.4. The molecule has 620 valence electrons. The molecule has 9 unspecified atom stereocenters. The molecule has 18 nitrogen and oxygen atoms in total. The second-order valence-electron chi connectivity index (χ2n) is 39.4. The zero-order valence-electron chi connectivity index (χ0n) is 68.3. The quantitative estimate of drug-likeness (QED) is 0.0537. The van der Waals surface area contributed by atoms with Crippen molar-refractivity contribution in [2.45, 2.75) is 382 Å². The number of ether oxygens (including phenoxy) is 18. The Bertz CT molecular complexity index is 2370. The largest absolute Gasteiger partial charge is 0.375 e. The van der Waals surface area contributed by atoms with Gasteiger partial charge in [-0.05, 0) is 307 Å². The monoisotopic (exact) mass is 1520 g/mol. The molecule has 9 saturated heterocycles. The van der Waals surface area contributed by atoms with E-state index in [1.807, 2.05) is 0 Å². The molecule has 108 heavy (non-hydrogen) atoms. The average Bonchev–Trinajstić information content (AvgIpc) is 1.15. The van der Waals surface area contributed by atoms with Crippen LogP contribution in [0.2, 0.25) is 0 Å². The second-order valence-corrected chi connectivity index (χ2v) is 39.4. The van der Waals surface area contributed by atoms with Crippen molar-refractivity contribution in [3.8, 4) is 0 Å². The molecule has 0 aromatic rings. The Kier molecular flexibility index (Phi) is 30.6. The summed E-state index contributed by atoms with van der Waals surface area (Å²) in [4.78, 5) is 0. The Labute approximate surface area is 652 Å². The van der Waals surface area contributed by atoms with Crippen molar-refractivity contribution in [1.29, 1.82) is 0 Å². The highest BCUT2D eigenvalue weighted by molar-refractivity contribution is 5.02. The van der Waals surface area contributed by atoms with Gasteiger partial charge in [0, 0.05) is 0 Å². The van der Waals surface area contributed by atoms with Gasteiger partial charge in [-0.15, -0.1) is 0 Å². The van der Waals surface area contributed by atoms with Gasteiger partial charge in [0.05, 0.1) is 174 Å². The molecule has 9 aliphatic heterocycles. The van der Waals surface area contributed by atoms with E-state index >= 15 is 0 Å². The molecule has 18 fully saturated rings. The maximum atomic E-state index is 6.30. The summed E-state index contributed by atoms with van der Waals surface area (Å²) in [6.07, 6.45) is 55.8. The van der Waals surface area contributed by atoms with Crippen LogP contribution in [0.3, 0.4) is 0 Å². The molecule has 9 aliphatic carbocycles. The normalized spacial score (nSPS) is 43.0. The van der Waals surface area contributed by atoms with Crippen LogP contribution in [0.4, 0.5) is 0 Å². The Hall–Kier alpha value is -0.720. The minimum absolute atomic E-state index is 0.382. The van der Waals surface area contributed by atoms with Crippen molar-refractivity contribution < 1.29 is 85.3 Å². The number of rotatable bonds is 36. The molecule has 0 N–H and O–H groups in total. The third-order valence-corrected chi connectivity index (χ3v) is 31.1. The van der Waals surface area contributed by atoms with Gasteiger partial charge >= 0.3 is 0 Å². The van der Waals surface area contributed by atoms with Crippen molar-refractivity contribution in [2.24, 2.45) is 69.5 Å². The van der Waals surface area contributed by atoms with E-state index in [0.717, 1.165) is 198 Å². The molecule has 9 heterocycles. The molecule has 0 aromatic heterocycles. The predicted octanol–water partition coefficient (Wildman–Crippen LogP) is 16.2. The van der Waals surface area contributed by atoms with Gasteiger partial charge in [0.15, 0.2) is 0 Å². The van der Waals surface area contributed by atoms with E-state index in [2.05, 4.69) is 34.6 Å². The fourth-order valence-corrected chi connectivity index (χ4v) is 22.3. The van der Waals surface area contributed by atoms with Gasteiger partial charge in [0.1, 0.15) is 54.9 Å². The van der Waals surface area contributed by atoms with Gasteiger partial charge in [-0.1, -0.05) is 34.6 Å². The van der Waals surface area contributed by atoms with E-state index in [1.165, 1.54) is 212 Å². The Morgan fingerprint density at radius 2 is 0.315 bits per heavy atom. The highest BCUT2D eigenvalue weighted by Gasteiger charge is 2.52. The molecular formula is C90H152O18. The van der Waals surface area contributed by atoms with Crippen LogP contribution in [-0.4, -0.2) is 229 Å². The van der Waals surface area contributed by atoms with Crippen molar-refractivity contribution >= 4 is 0 Å². The number of epoxide rings is 9. The minimum atomic E-state index is 0.382. The Morgan fingerprint density at radius 3 is 0.481 bits per heavy atom. The molecule has 9 atom stereocenters. The van der Waals surface area contributed by atoms with E-state index in [1.54, 1.807) is 0 Å². The summed E-state index contributed by atoms with van der Waals surface area (Å²) in [5.74, 6) is 7.85. The van der Waals surface area contributed by atoms with Gasteiger partial charge in [-0.25, -0.2) is 0 Å². The summed E-state index contributed by atoms with van der Waals surface area (Å²) < 4.78 is 102. The van der Waals surface area contributed by atoms with Crippen LogP contribution < -0.4 is 0 Å². The number of hydrogen-bond acceptors (Lipinski definition) is 18. The van der Waals surface area contributed by atoms with E-state index in [9.17, 15) is 0 Å². The Morgan fingerprint density at radius 1 is 0.185 bits per heavy atom. The van der Waals surface area contributed by atoms with Crippen LogP contribution in [-0.2, 0) is 85.3 Å². The maximum Gasteiger partial charge on any atom is 0.104 e. The standard InChI is InChI=1S/C38H64O6.C21H36O4.C19H32O4.C12H20O4/c1-37(2,27-8-14-31(15-9-27)39-20-34-23-42-34)26-4-6-28(7-5-26)38(3,29-10-16-32(17-11-29)40-21-35-24-43-35)30-12-18-33(19-13-30)41-22-36-25-44-36;1-21(2,15-3-7-17(8-4-15)22-11-19-13-24-19)16-5-9-18(10-6-16)23-12-20-14-25-20;1-5-16(20-10-18-12-22-18)6-2-14(1)9-15-3-7-17(8-4-15)21-11-19-13-23-19;1-2-10(14-6-12-8-16-12)4-3-9(1)13-5-11-7-15-11/h26-36H,4-25H2,1-3H3;15-20H,3-14H2,1-2H3;14-19H,1-13H2;9-12H,1-8H2. The summed E-state index contributed by atoms with van der Waals surface area (Å²) in [5, 5.41) is 0. The third kappa shape index (κ3) is 26.6. The van der Waals surface area contributed by atoms with Crippen molar-refractivity contribution in [3.63, 3.8) is 0 Å². The first-order chi connectivity index (χ1) is 52.7. The van der Waals surface area contributed by atoms with Crippen LogP contribution in [0, 0.1) is 69.5 Å². The van der Waals surface area contributed by atoms with Crippen molar-refractivity contribution in [3.05, 3.63) is 0 Å². The first-order valence-electron chi connectivity index (χ1n) is 45.8. The van der Waals surface area contributed by atoms with Crippen LogP contribution in [0.15, 0.2) is 0 Å². The molecule has 0 aromatic carbocycles. The highest BCUT2D eigenvalue weighted by atomic mass is 16.6. The fourth-order valence-electron chi connectivity index (χ4n) is 22.3. The predicted molar refractivity (Wildman–Crippen MR) is 413 cm³/mol.